The highest BCUT2D eigenvalue weighted by Crippen LogP contribution is 2.40. The van der Waals surface area contributed by atoms with Crippen LogP contribution in [0, 0.1) is 0 Å². The van der Waals surface area contributed by atoms with Crippen LogP contribution in [0.15, 0.2) is 53.1 Å². The van der Waals surface area contributed by atoms with E-state index in [1.165, 1.54) is 19.2 Å². The number of rotatable bonds is 4. The molecule has 1 aliphatic rings. The fourth-order valence-corrected chi connectivity index (χ4v) is 2.65. The van der Waals surface area contributed by atoms with Crippen LogP contribution in [-0.2, 0) is 4.79 Å². The van der Waals surface area contributed by atoms with Gasteiger partial charge in [0.25, 0.3) is 5.91 Å². The van der Waals surface area contributed by atoms with Gasteiger partial charge in [0.15, 0.2) is 11.5 Å². The van der Waals surface area contributed by atoms with E-state index in [9.17, 15) is 9.90 Å². The smallest absolute Gasteiger partial charge is 0.280 e. The van der Waals surface area contributed by atoms with E-state index in [2.05, 4.69) is 5.10 Å². The van der Waals surface area contributed by atoms with Crippen molar-refractivity contribution in [3.05, 3.63) is 53.6 Å². The van der Waals surface area contributed by atoms with Gasteiger partial charge in [0.05, 0.1) is 31.2 Å². The van der Waals surface area contributed by atoms with Crippen LogP contribution >= 0.6 is 0 Å². The average Bonchev–Trinajstić information content (AvgIpc) is 2.91. The first-order chi connectivity index (χ1) is 12.1. The van der Waals surface area contributed by atoms with E-state index < -0.39 is 0 Å². The number of para-hydroxylation sites is 1. The lowest BCUT2D eigenvalue weighted by Crippen LogP contribution is -2.21. The Labute approximate surface area is 145 Å². The predicted octanol–water partition coefficient (Wildman–Crippen LogP) is 3.22. The first kappa shape index (κ1) is 16.6. The molecule has 1 heterocycles. The summed E-state index contributed by atoms with van der Waals surface area (Å²) in [5.74, 6) is 0.194. The predicted molar refractivity (Wildman–Crippen MR) is 96.2 cm³/mol. The fourth-order valence-electron chi connectivity index (χ4n) is 2.65. The molecule has 2 aromatic rings. The number of ether oxygens (including phenoxy) is 2. The summed E-state index contributed by atoms with van der Waals surface area (Å²) in [5.41, 5.74) is 2.28. The van der Waals surface area contributed by atoms with Crippen LogP contribution in [0.5, 0.6) is 17.2 Å². The summed E-state index contributed by atoms with van der Waals surface area (Å²) < 4.78 is 10.4. The van der Waals surface area contributed by atoms with Crippen molar-refractivity contribution in [2.45, 2.75) is 6.92 Å². The monoisotopic (exact) mass is 338 g/mol. The minimum Gasteiger partial charge on any atom is -0.502 e. The topological polar surface area (TPSA) is 71.4 Å². The van der Waals surface area contributed by atoms with Crippen molar-refractivity contribution in [2.24, 2.45) is 5.10 Å². The van der Waals surface area contributed by atoms with Crippen molar-refractivity contribution in [1.29, 1.82) is 0 Å². The van der Waals surface area contributed by atoms with E-state index in [1.807, 2.05) is 30.3 Å². The molecule has 3 rings (SSSR count). The quantitative estimate of drug-likeness (QED) is 0.869. The summed E-state index contributed by atoms with van der Waals surface area (Å²) >= 11 is 0. The number of anilines is 1. The van der Waals surface area contributed by atoms with Crippen LogP contribution in [0.1, 0.15) is 12.5 Å². The normalized spacial score (nSPS) is 15.5. The number of benzene rings is 2. The molecule has 0 radical (unpaired) electrons. The van der Waals surface area contributed by atoms with Crippen LogP contribution in [0.4, 0.5) is 5.69 Å². The molecule has 1 aliphatic heterocycles. The van der Waals surface area contributed by atoms with E-state index in [-0.39, 0.29) is 17.4 Å². The van der Waals surface area contributed by atoms with Gasteiger partial charge in [-0.1, -0.05) is 18.2 Å². The minimum absolute atomic E-state index is 0.112. The lowest BCUT2D eigenvalue weighted by molar-refractivity contribution is -0.114. The van der Waals surface area contributed by atoms with Crippen molar-refractivity contribution < 1.29 is 19.4 Å². The van der Waals surface area contributed by atoms with E-state index in [0.717, 1.165) is 0 Å². The van der Waals surface area contributed by atoms with E-state index in [0.29, 0.717) is 28.3 Å². The summed E-state index contributed by atoms with van der Waals surface area (Å²) in [6.45, 7) is 1.77. The highest BCUT2D eigenvalue weighted by Gasteiger charge is 2.29. The second kappa shape index (κ2) is 6.68. The standard InChI is InChI=1S/C19H18N2O4/c1-12-15(19(23)21(20-12)14-7-5-4-6-8-14)11-13-9-10-16(24-2)17(22)18(13)25-3/h4-11,22H,1-3H3/b15-11+. The van der Waals surface area contributed by atoms with Crippen molar-refractivity contribution in [3.63, 3.8) is 0 Å². The molecule has 0 atom stereocenters. The number of nitrogens with zero attached hydrogens (tertiary/aromatic N) is 2. The maximum absolute atomic E-state index is 12.7. The summed E-state index contributed by atoms with van der Waals surface area (Å²) in [6.07, 6.45) is 1.65. The van der Waals surface area contributed by atoms with Gasteiger partial charge >= 0.3 is 0 Å². The Morgan fingerprint density at radius 3 is 2.44 bits per heavy atom. The van der Waals surface area contributed by atoms with Gasteiger partial charge < -0.3 is 14.6 Å². The Kier molecular flexibility index (Phi) is 4.43. The van der Waals surface area contributed by atoms with Crippen LogP contribution in [0.3, 0.4) is 0 Å². The third-order valence-corrected chi connectivity index (χ3v) is 3.91. The molecule has 0 saturated heterocycles. The summed E-state index contributed by atoms with van der Waals surface area (Å²) in [6, 6.07) is 12.5. The largest absolute Gasteiger partial charge is 0.502 e. The maximum Gasteiger partial charge on any atom is 0.280 e. The van der Waals surface area contributed by atoms with Gasteiger partial charge in [-0.05, 0) is 37.3 Å². The highest BCUT2D eigenvalue weighted by molar-refractivity contribution is 6.32. The second-order valence-corrected chi connectivity index (χ2v) is 5.43. The lowest BCUT2D eigenvalue weighted by Gasteiger charge is -2.12. The zero-order chi connectivity index (χ0) is 18.0. The number of phenolic OH excluding ortho intramolecular Hbond substituents is 1. The number of carbonyl (C=O) groups is 1. The molecule has 0 bridgehead atoms. The number of carbonyl (C=O) groups excluding carboxylic acids is 1. The molecule has 1 amide bonds. The Bertz CT molecular complexity index is 872. The van der Waals surface area contributed by atoms with Crippen molar-refractivity contribution >= 4 is 23.4 Å². The number of methoxy groups -OCH3 is 2. The molecule has 128 valence electrons. The molecule has 0 spiro atoms. The van der Waals surface area contributed by atoms with E-state index in [4.69, 9.17) is 9.47 Å². The second-order valence-electron chi connectivity index (χ2n) is 5.43. The Hall–Kier alpha value is -3.28. The van der Waals surface area contributed by atoms with Gasteiger partial charge in [-0.25, -0.2) is 0 Å². The summed E-state index contributed by atoms with van der Waals surface area (Å²) in [5, 5.41) is 15.9. The highest BCUT2D eigenvalue weighted by atomic mass is 16.5. The molecule has 2 aromatic carbocycles. The molecule has 25 heavy (non-hydrogen) atoms. The minimum atomic E-state index is -0.235. The first-order valence-electron chi connectivity index (χ1n) is 7.67. The third-order valence-electron chi connectivity index (χ3n) is 3.91. The zero-order valence-corrected chi connectivity index (χ0v) is 14.2. The van der Waals surface area contributed by atoms with Crippen molar-refractivity contribution in [3.8, 4) is 17.2 Å². The average molecular weight is 338 g/mol. The number of hydrazone groups is 1. The molecule has 6 heteroatoms. The number of hydrogen-bond donors (Lipinski definition) is 1. The van der Waals surface area contributed by atoms with E-state index in [1.54, 1.807) is 25.1 Å². The van der Waals surface area contributed by atoms with Gasteiger partial charge in [0, 0.05) is 5.56 Å². The molecular weight excluding hydrogens is 320 g/mol. The van der Waals surface area contributed by atoms with Crippen LogP contribution in [0.2, 0.25) is 0 Å². The number of phenols is 1. The number of aromatic hydroxyl groups is 1. The van der Waals surface area contributed by atoms with Crippen LogP contribution < -0.4 is 14.5 Å². The number of amides is 1. The van der Waals surface area contributed by atoms with Crippen LogP contribution in [0.25, 0.3) is 6.08 Å². The Morgan fingerprint density at radius 2 is 1.80 bits per heavy atom. The van der Waals surface area contributed by atoms with Gasteiger partial charge in [-0.15, -0.1) is 0 Å². The molecule has 0 unspecified atom stereocenters. The fraction of sp³-hybridized carbons (Fsp3) is 0.158. The third kappa shape index (κ3) is 2.94. The zero-order valence-electron chi connectivity index (χ0n) is 14.2. The molecular formula is C19H18N2O4. The Balaban J connectivity index is 2.02. The molecule has 0 fully saturated rings. The van der Waals surface area contributed by atoms with Crippen molar-refractivity contribution in [1.82, 2.24) is 0 Å². The molecule has 0 saturated carbocycles. The molecule has 1 N–H and O–H groups in total. The summed E-state index contributed by atoms with van der Waals surface area (Å²) in [4.78, 5) is 12.7. The lowest BCUT2D eigenvalue weighted by atomic mass is 10.1. The first-order valence-corrected chi connectivity index (χ1v) is 7.67. The van der Waals surface area contributed by atoms with Crippen molar-refractivity contribution in [2.75, 3.05) is 19.2 Å². The Morgan fingerprint density at radius 1 is 1.08 bits per heavy atom. The number of hydrogen-bond acceptors (Lipinski definition) is 5. The SMILES string of the molecule is COc1ccc(/C=C2/C(=O)N(c3ccccc3)N=C2C)c(OC)c1O. The van der Waals surface area contributed by atoms with Crippen LogP contribution in [-0.4, -0.2) is 30.9 Å². The van der Waals surface area contributed by atoms with Gasteiger partial charge in [0.1, 0.15) is 0 Å². The maximum atomic E-state index is 12.7. The summed E-state index contributed by atoms with van der Waals surface area (Å²) in [7, 11) is 2.91. The van der Waals surface area contributed by atoms with Gasteiger partial charge in [-0.3, -0.25) is 4.79 Å². The molecule has 0 aromatic heterocycles. The molecule has 6 nitrogen and oxygen atoms in total. The molecule has 0 aliphatic carbocycles. The van der Waals surface area contributed by atoms with E-state index >= 15 is 0 Å². The van der Waals surface area contributed by atoms with Gasteiger partial charge in [0.2, 0.25) is 5.75 Å². The van der Waals surface area contributed by atoms with Gasteiger partial charge in [-0.2, -0.15) is 10.1 Å².